The lowest BCUT2D eigenvalue weighted by Gasteiger charge is -1.97. The van der Waals surface area contributed by atoms with Gasteiger partial charge in [-0.25, -0.2) is 4.85 Å². The molecule has 1 aromatic rings. The van der Waals surface area contributed by atoms with Gasteiger partial charge in [0.25, 0.3) is 0 Å². The predicted octanol–water partition coefficient (Wildman–Crippen LogP) is 2.78. The first-order valence-corrected chi connectivity index (χ1v) is 3.82. The predicted molar refractivity (Wildman–Crippen MR) is 51.4 cm³/mol. The van der Waals surface area contributed by atoms with E-state index in [4.69, 9.17) is 11.8 Å². The third kappa shape index (κ3) is 2.18. The molecule has 2 nitrogen and oxygen atoms in total. The second kappa shape index (κ2) is 4.09. The normalized spacial score (nSPS) is 10.2. The Kier molecular flexibility index (Phi) is 2.84. The smallest absolute Gasteiger partial charge is 0.172 e. The summed E-state index contributed by atoms with van der Waals surface area (Å²) >= 11 is 0. The van der Waals surface area contributed by atoms with Crippen LogP contribution >= 0.6 is 0 Å². The highest BCUT2D eigenvalue weighted by Crippen LogP contribution is 2.13. The molecule has 0 aromatic heterocycles. The van der Waals surface area contributed by atoms with Crippen molar-refractivity contribution < 1.29 is 0 Å². The summed E-state index contributed by atoms with van der Waals surface area (Å²) < 4.78 is 0. The fourth-order valence-corrected chi connectivity index (χ4v) is 0.966. The lowest BCUT2D eigenvalue weighted by Crippen LogP contribution is -1.80. The lowest BCUT2D eigenvalue weighted by molar-refractivity contribution is 1.45. The number of hydrogen-bond donors (Lipinski definition) is 0. The first kappa shape index (κ1) is 9.03. The van der Waals surface area contributed by atoms with Crippen molar-refractivity contribution in [1.29, 1.82) is 5.26 Å². The van der Waals surface area contributed by atoms with Crippen LogP contribution in [-0.4, -0.2) is 0 Å². The molecule has 0 aliphatic heterocycles. The average Bonchev–Trinajstić information content (AvgIpc) is 2.16. The highest BCUT2D eigenvalue weighted by atomic mass is 14.6. The van der Waals surface area contributed by atoms with E-state index in [2.05, 4.69) is 4.85 Å². The average molecular weight is 168 g/mol. The van der Waals surface area contributed by atoms with Crippen LogP contribution in [0.3, 0.4) is 0 Å². The maximum atomic E-state index is 8.72. The van der Waals surface area contributed by atoms with Crippen LogP contribution in [0.2, 0.25) is 0 Å². The molecular weight excluding hydrogens is 160 g/mol. The zero-order valence-corrected chi connectivity index (χ0v) is 7.28. The first-order chi connectivity index (χ1) is 6.27. The molecule has 0 radical (unpaired) electrons. The van der Waals surface area contributed by atoms with Crippen molar-refractivity contribution in [3.8, 4) is 6.07 Å². The Bertz CT molecular complexity index is 399. The van der Waals surface area contributed by atoms with Crippen molar-refractivity contribution in [1.82, 2.24) is 0 Å². The van der Waals surface area contributed by atoms with E-state index in [-0.39, 0.29) is 0 Å². The molecule has 0 spiro atoms. The van der Waals surface area contributed by atoms with Crippen molar-refractivity contribution in [3.05, 3.63) is 53.0 Å². The molecule has 0 fully saturated rings. The van der Waals surface area contributed by atoms with Gasteiger partial charge in [-0.3, -0.25) is 0 Å². The summed E-state index contributed by atoms with van der Waals surface area (Å²) in [6.07, 6.45) is 1.24. The molecule has 1 aromatic carbocycles. The number of aryl methyl sites for hydroxylation is 1. The molecular formula is C11H8N2. The SMILES string of the molecule is [C-]#[N+]/C=C(/C#N)c1ccc(C)cc1. The molecule has 0 amide bonds. The zero-order chi connectivity index (χ0) is 9.68. The van der Waals surface area contributed by atoms with Gasteiger partial charge < -0.3 is 0 Å². The van der Waals surface area contributed by atoms with Gasteiger partial charge in [0, 0.05) is 0 Å². The van der Waals surface area contributed by atoms with Crippen LogP contribution in [0.5, 0.6) is 0 Å². The minimum Gasteiger partial charge on any atom is -0.244 e. The van der Waals surface area contributed by atoms with Crippen LogP contribution in [0.25, 0.3) is 10.4 Å². The largest absolute Gasteiger partial charge is 0.244 e. The van der Waals surface area contributed by atoms with Crippen molar-refractivity contribution in [2.45, 2.75) is 6.92 Å². The van der Waals surface area contributed by atoms with Gasteiger partial charge >= 0.3 is 0 Å². The summed E-state index contributed by atoms with van der Waals surface area (Å²) in [6.45, 7) is 8.61. The number of allylic oxidation sites excluding steroid dienone is 1. The summed E-state index contributed by atoms with van der Waals surface area (Å²) in [6, 6.07) is 9.51. The van der Waals surface area contributed by atoms with Crippen LogP contribution in [0.4, 0.5) is 0 Å². The van der Waals surface area contributed by atoms with Gasteiger partial charge in [0.1, 0.15) is 0 Å². The lowest BCUT2D eigenvalue weighted by atomic mass is 10.1. The van der Waals surface area contributed by atoms with E-state index in [1.54, 1.807) is 0 Å². The van der Waals surface area contributed by atoms with Gasteiger partial charge in [-0.1, -0.05) is 29.8 Å². The molecule has 0 aliphatic carbocycles. The van der Waals surface area contributed by atoms with Crippen LogP contribution in [0, 0.1) is 24.8 Å². The van der Waals surface area contributed by atoms with E-state index in [1.165, 1.54) is 6.20 Å². The zero-order valence-electron chi connectivity index (χ0n) is 7.28. The number of benzene rings is 1. The minimum atomic E-state index is 0.412. The van der Waals surface area contributed by atoms with E-state index in [0.29, 0.717) is 5.57 Å². The number of hydrogen-bond acceptors (Lipinski definition) is 1. The van der Waals surface area contributed by atoms with Gasteiger partial charge in [0.15, 0.2) is 6.20 Å². The number of nitrogens with zero attached hydrogens (tertiary/aromatic N) is 2. The van der Waals surface area contributed by atoms with Gasteiger partial charge in [0.2, 0.25) is 0 Å². The third-order valence-corrected chi connectivity index (χ3v) is 1.68. The topological polar surface area (TPSA) is 28.1 Å². The van der Waals surface area contributed by atoms with Gasteiger partial charge in [0.05, 0.1) is 18.2 Å². The summed E-state index contributed by atoms with van der Waals surface area (Å²) in [5.74, 6) is 0. The molecule has 13 heavy (non-hydrogen) atoms. The maximum Gasteiger partial charge on any atom is 0.172 e. The molecule has 0 heterocycles. The van der Waals surface area contributed by atoms with E-state index >= 15 is 0 Å². The van der Waals surface area contributed by atoms with Crippen molar-refractivity contribution in [3.63, 3.8) is 0 Å². The van der Waals surface area contributed by atoms with Gasteiger partial charge in [-0.05, 0) is 12.5 Å². The van der Waals surface area contributed by atoms with Crippen molar-refractivity contribution in [2.75, 3.05) is 0 Å². The molecule has 0 bridgehead atoms. The van der Waals surface area contributed by atoms with Crippen molar-refractivity contribution in [2.24, 2.45) is 0 Å². The Morgan fingerprint density at radius 1 is 1.46 bits per heavy atom. The second-order valence-corrected chi connectivity index (χ2v) is 2.65. The first-order valence-electron chi connectivity index (χ1n) is 3.82. The van der Waals surface area contributed by atoms with E-state index < -0.39 is 0 Å². The Hall–Kier alpha value is -2.06. The van der Waals surface area contributed by atoms with Gasteiger partial charge in [-0.15, -0.1) is 0 Å². The Labute approximate surface area is 77.6 Å². The maximum absolute atomic E-state index is 8.72. The molecule has 0 unspecified atom stereocenters. The minimum absolute atomic E-state index is 0.412. The van der Waals surface area contributed by atoms with E-state index in [1.807, 2.05) is 37.3 Å². The molecule has 0 aliphatic rings. The second-order valence-electron chi connectivity index (χ2n) is 2.65. The molecule has 0 saturated carbocycles. The fraction of sp³-hybridized carbons (Fsp3) is 0.0909. The monoisotopic (exact) mass is 168 g/mol. The Balaban J connectivity index is 3.10. The summed E-state index contributed by atoms with van der Waals surface area (Å²) in [5, 5.41) is 8.72. The molecule has 62 valence electrons. The summed E-state index contributed by atoms with van der Waals surface area (Å²) in [7, 11) is 0. The van der Waals surface area contributed by atoms with E-state index in [9.17, 15) is 0 Å². The third-order valence-electron chi connectivity index (χ3n) is 1.68. The molecule has 0 N–H and O–H groups in total. The number of nitriles is 1. The van der Waals surface area contributed by atoms with Crippen LogP contribution in [-0.2, 0) is 0 Å². The fourth-order valence-electron chi connectivity index (χ4n) is 0.966. The summed E-state index contributed by atoms with van der Waals surface area (Å²) in [5.41, 5.74) is 2.35. The number of rotatable bonds is 1. The quantitative estimate of drug-likeness (QED) is 0.468. The van der Waals surface area contributed by atoms with Crippen molar-refractivity contribution >= 4 is 5.57 Å². The summed E-state index contributed by atoms with van der Waals surface area (Å²) in [4.78, 5) is 3.07. The highest BCUT2D eigenvalue weighted by Gasteiger charge is 1.97. The highest BCUT2D eigenvalue weighted by molar-refractivity contribution is 5.77. The molecule has 2 heteroatoms. The van der Waals surface area contributed by atoms with Crippen LogP contribution in [0.1, 0.15) is 11.1 Å². The standard InChI is InChI=1S/C11H8N2/c1-9-3-5-10(6-4-9)11(7-12)8-13-2/h3-6,8H,1H3/b11-8-. The van der Waals surface area contributed by atoms with Gasteiger partial charge in [-0.2, -0.15) is 5.26 Å². The van der Waals surface area contributed by atoms with Crippen LogP contribution in [0.15, 0.2) is 30.5 Å². The Morgan fingerprint density at radius 2 is 2.08 bits per heavy atom. The van der Waals surface area contributed by atoms with E-state index in [0.717, 1.165) is 11.1 Å². The molecule has 0 atom stereocenters. The molecule has 0 saturated heterocycles. The Morgan fingerprint density at radius 3 is 2.54 bits per heavy atom. The van der Waals surface area contributed by atoms with Crippen LogP contribution < -0.4 is 0 Å². The molecule has 1 rings (SSSR count).